The first-order valence-electron chi connectivity index (χ1n) is 4.98. The number of H-pyrrole nitrogens is 1. The Morgan fingerprint density at radius 1 is 1.37 bits per heavy atom. The van der Waals surface area contributed by atoms with Crippen LogP contribution in [0.4, 0.5) is 14.5 Å². The van der Waals surface area contributed by atoms with Crippen LogP contribution in [0.1, 0.15) is 0 Å². The lowest BCUT2D eigenvalue weighted by Gasteiger charge is -2.08. The van der Waals surface area contributed by atoms with E-state index in [9.17, 15) is 18.4 Å². The number of halogens is 2. The first kappa shape index (κ1) is 13.3. The molecule has 2 aromatic rings. The zero-order chi connectivity index (χ0) is 14.2. The number of aromatic nitrogens is 3. The number of aromatic amines is 1. The predicted molar refractivity (Wildman–Crippen MR) is 65.0 cm³/mol. The molecule has 19 heavy (non-hydrogen) atoms. The minimum absolute atomic E-state index is 0.0568. The number of anilines is 1. The van der Waals surface area contributed by atoms with Crippen molar-refractivity contribution >= 4 is 17.4 Å². The minimum atomic E-state index is -0.990. The van der Waals surface area contributed by atoms with E-state index < -0.39 is 22.8 Å². The minimum Gasteiger partial charge on any atom is -0.395 e. The summed E-state index contributed by atoms with van der Waals surface area (Å²) in [5, 5.41) is 2.27. The zero-order valence-electron chi connectivity index (χ0n) is 9.61. The number of benzene rings is 1. The third kappa shape index (κ3) is 2.65. The van der Waals surface area contributed by atoms with E-state index in [0.29, 0.717) is 6.07 Å². The first-order chi connectivity index (χ1) is 8.88. The molecule has 0 aliphatic heterocycles. The number of hydrogen-bond acceptors (Lipinski definition) is 5. The van der Waals surface area contributed by atoms with Crippen molar-refractivity contribution in [3.63, 3.8) is 0 Å². The largest absolute Gasteiger partial charge is 0.395 e. The summed E-state index contributed by atoms with van der Waals surface area (Å²) in [7, 11) is 1.43. The highest BCUT2D eigenvalue weighted by molar-refractivity contribution is 7.99. The molecule has 1 aromatic heterocycles. The highest BCUT2D eigenvalue weighted by Crippen LogP contribution is 2.31. The van der Waals surface area contributed by atoms with Gasteiger partial charge in [0.2, 0.25) is 0 Å². The molecule has 0 aliphatic carbocycles. The molecule has 0 saturated carbocycles. The number of nitrogens with one attached hydrogen (secondary N) is 1. The summed E-state index contributed by atoms with van der Waals surface area (Å²) in [5.74, 6) is -1.71. The third-order valence-electron chi connectivity index (χ3n) is 2.21. The molecule has 0 amide bonds. The van der Waals surface area contributed by atoms with Crippen LogP contribution in [0, 0.1) is 11.6 Å². The molecule has 9 heteroatoms. The summed E-state index contributed by atoms with van der Waals surface area (Å²) in [4.78, 5) is 25.7. The number of nitrogen functional groups attached to an aromatic ring is 1. The summed E-state index contributed by atoms with van der Waals surface area (Å²) < 4.78 is 27.5. The summed E-state index contributed by atoms with van der Waals surface area (Å²) >= 11 is 0.769. The van der Waals surface area contributed by atoms with Gasteiger partial charge in [-0.2, -0.15) is 4.98 Å². The maximum absolute atomic E-state index is 13.3. The van der Waals surface area contributed by atoms with E-state index in [1.165, 1.54) is 7.05 Å². The standard InChI is InChI=1S/C10H8F2N4O2S/c1-16-10(14-8(17)9(18)15-16)19-6-3-4(11)2-5(12)7(6)13/h2-3H,13H2,1H3,(H,15,18). The average Bonchev–Trinajstić information content (AvgIpc) is 2.32. The van der Waals surface area contributed by atoms with Crippen LogP contribution >= 0.6 is 11.8 Å². The number of nitrogens with zero attached hydrogens (tertiary/aromatic N) is 2. The molecule has 1 aromatic carbocycles. The lowest BCUT2D eigenvalue weighted by Crippen LogP contribution is -2.33. The van der Waals surface area contributed by atoms with Crippen molar-refractivity contribution in [1.29, 1.82) is 0 Å². The lowest BCUT2D eigenvalue weighted by molar-refractivity contribution is 0.579. The van der Waals surface area contributed by atoms with Gasteiger partial charge >= 0.3 is 11.1 Å². The van der Waals surface area contributed by atoms with E-state index in [-0.39, 0.29) is 15.7 Å². The Bertz CT molecular complexity index is 756. The lowest BCUT2D eigenvalue weighted by atomic mass is 10.3. The molecule has 0 bridgehead atoms. The Hall–Kier alpha value is -2.16. The molecule has 0 aliphatic rings. The summed E-state index contributed by atoms with van der Waals surface area (Å²) in [6.07, 6.45) is 0. The smallest absolute Gasteiger partial charge is 0.339 e. The third-order valence-corrected chi connectivity index (χ3v) is 3.31. The highest BCUT2D eigenvalue weighted by atomic mass is 32.2. The normalized spacial score (nSPS) is 10.7. The summed E-state index contributed by atoms with van der Waals surface area (Å²) in [6.45, 7) is 0. The van der Waals surface area contributed by atoms with Gasteiger partial charge in [0.15, 0.2) is 5.16 Å². The Balaban J connectivity index is 2.50. The van der Waals surface area contributed by atoms with Gasteiger partial charge in [-0.3, -0.25) is 19.4 Å². The molecule has 2 rings (SSSR count). The van der Waals surface area contributed by atoms with E-state index in [2.05, 4.69) is 10.1 Å². The molecule has 0 spiro atoms. The Morgan fingerprint density at radius 3 is 2.74 bits per heavy atom. The number of hydrogen-bond donors (Lipinski definition) is 2. The van der Waals surface area contributed by atoms with Crippen LogP contribution in [0.2, 0.25) is 0 Å². The van der Waals surface area contributed by atoms with Crippen molar-refractivity contribution < 1.29 is 8.78 Å². The zero-order valence-corrected chi connectivity index (χ0v) is 10.4. The predicted octanol–water partition coefficient (Wildman–Crippen LogP) is 0.480. The first-order valence-corrected chi connectivity index (χ1v) is 5.80. The van der Waals surface area contributed by atoms with Gasteiger partial charge < -0.3 is 5.73 Å². The van der Waals surface area contributed by atoms with Crippen molar-refractivity contribution in [2.75, 3.05) is 5.73 Å². The molecule has 100 valence electrons. The van der Waals surface area contributed by atoms with E-state index >= 15 is 0 Å². The topological polar surface area (TPSA) is 93.8 Å². The van der Waals surface area contributed by atoms with Gasteiger partial charge in [0.05, 0.1) is 5.69 Å². The summed E-state index contributed by atoms with van der Waals surface area (Å²) in [6, 6.07) is 1.67. The molecule has 0 radical (unpaired) electrons. The molecule has 3 N–H and O–H groups in total. The Labute approximate surface area is 109 Å². The van der Waals surface area contributed by atoms with Gasteiger partial charge in [-0.05, 0) is 17.8 Å². The van der Waals surface area contributed by atoms with Crippen molar-refractivity contribution in [3.05, 3.63) is 44.5 Å². The van der Waals surface area contributed by atoms with Crippen molar-refractivity contribution in [1.82, 2.24) is 14.8 Å². The fraction of sp³-hybridized carbons (Fsp3) is 0.100. The molecule has 0 fully saturated rings. The van der Waals surface area contributed by atoms with Gasteiger partial charge in [0.25, 0.3) is 0 Å². The molecular formula is C10H8F2N4O2S. The van der Waals surface area contributed by atoms with Crippen LogP contribution < -0.4 is 16.9 Å². The van der Waals surface area contributed by atoms with E-state index in [1.54, 1.807) is 0 Å². The van der Waals surface area contributed by atoms with Crippen molar-refractivity contribution in [2.45, 2.75) is 10.1 Å². The average molecular weight is 286 g/mol. The Kier molecular flexibility index (Phi) is 3.38. The van der Waals surface area contributed by atoms with E-state index in [4.69, 9.17) is 5.73 Å². The van der Waals surface area contributed by atoms with Gasteiger partial charge in [0, 0.05) is 18.0 Å². The molecule has 6 nitrogen and oxygen atoms in total. The monoisotopic (exact) mass is 286 g/mol. The maximum Gasteiger partial charge on any atom is 0.339 e. The van der Waals surface area contributed by atoms with Gasteiger partial charge in [-0.25, -0.2) is 8.78 Å². The van der Waals surface area contributed by atoms with Crippen molar-refractivity contribution in [3.8, 4) is 0 Å². The van der Waals surface area contributed by atoms with Crippen LogP contribution in [0.15, 0.2) is 31.8 Å². The van der Waals surface area contributed by atoms with Gasteiger partial charge in [0.1, 0.15) is 11.6 Å². The van der Waals surface area contributed by atoms with Crippen LogP contribution in [0.3, 0.4) is 0 Å². The molecule has 0 unspecified atom stereocenters. The quantitative estimate of drug-likeness (QED) is 0.618. The maximum atomic E-state index is 13.3. The van der Waals surface area contributed by atoms with Crippen LogP contribution in [-0.4, -0.2) is 14.8 Å². The fourth-order valence-electron chi connectivity index (χ4n) is 1.30. The molecule has 0 saturated heterocycles. The molecular weight excluding hydrogens is 278 g/mol. The molecule has 1 heterocycles. The summed E-state index contributed by atoms with van der Waals surface area (Å²) in [5.41, 5.74) is 3.34. The SMILES string of the molecule is Cn1[nH]c(=O)c(=O)nc1Sc1cc(F)cc(F)c1N. The fourth-order valence-corrected chi connectivity index (χ4v) is 2.18. The van der Waals surface area contributed by atoms with Crippen LogP contribution in [0.25, 0.3) is 0 Å². The van der Waals surface area contributed by atoms with Crippen LogP contribution in [0.5, 0.6) is 0 Å². The number of rotatable bonds is 2. The number of aryl methyl sites for hydroxylation is 1. The second-order valence-electron chi connectivity index (χ2n) is 3.60. The van der Waals surface area contributed by atoms with Gasteiger partial charge in [-0.1, -0.05) is 0 Å². The second kappa shape index (κ2) is 4.84. The Morgan fingerprint density at radius 2 is 2.05 bits per heavy atom. The highest BCUT2D eigenvalue weighted by Gasteiger charge is 2.13. The number of nitrogens with two attached hydrogens (primary N) is 1. The van der Waals surface area contributed by atoms with E-state index in [0.717, 1.165) is 22.5 Å². The van der Waals surface area contributed by atoms with Crippen molar-refractivity contribution in [2.24, 2.45) is 7.05 Å². The van der Waals surface area contributed by atoms with E-state index in [1.807, 2.05) is 0 Å². The van der Waals surface area contributed by atoms with Gasteiger partial charge in [-0.15, -0.1) is 0 Å². The van der Waals surface area contributed by atoms with Crippen LogP contribution in [-0.2, 0) is 7.05 Å². The second-order valence-corrected chi connectivity index (χ2v) is 4.61. The molecule has 0 atom stereocenters.